The van der Waals surface area contributed by atoms with Gasteiger partial charge in [-0.2, -0.15) is 0 Å². The zero-order valence-corrected chi connectivity index (χ0v) is 18.0. The van der Waals surface area contributed by atoms with Crippen molar-refractivity contribution in [2.75, 3.05) is 5.75 Å². The highest BCUT2D eigenvalue weighted by molar-refractivity contribution is 8.00. The van der Waals surface area contributed by atoms with E-state index in [4.69, 9.17) is 9.97 Å². The number of rotatable bonds is 5. The first kappa shape index (κ1) is 20.8. The second kappa shape index (κ2) is 9.56. The number of nitrogens with zero attached hydrogens (tertiary/aromatic N) is 2. The predicted molar refractivity (Wildman–Crippen MR) is 120 cm³/mol. The van der Waals surface area contributed by atoms with Crippen LogP contribution in [0.5, 0.6) is 0 Å². The van der Waals surface area contributed by atoms with Crippen LogP contribution in [-0.4, -0.2) is 27.7 Å². The molecule has 0 spiro atoms. The summed E-state index contributed by atoms with van der Waals surface area (Å²) in [6, 6.07) is 12.5. The lowest BCUT2D eigenvalue weighted by molar-refractivity contribution is -0.119. The minimum Gasteiger partial charge on any atom is -0.353 e. The maximum Gasteiger partial charge on any atom is 0.230 e. The van der Waals surface area contributed by atoms with Gasteiger partial charge in [0.2, 0.25) is 5.91 Å². The van der Waals surface area contributed by atoms with Crippen LogP contribution < -0.4 is 5.32 Å². The molecular formula is C24H26FN3OS. The molecule has 0 radical (unpaired) electrons. The van der Waals surface area contributed by atoms with Crippen LogP contribution in [0.25, 0.3) is 22.3 Å². The van der Waals surface area contributed by atoms with Crippen molar-refractivity contribution in [1.82, 2.24) is 15.3 Å². The number of amides is 1. The second-order valence-corrected chi connectivity index (χ2v) is 8.84. The zero-order valence-electron chi connectivity index (χ0n) is 17.2. The number of hydrogen-bond donors (Lipinski definition) is 1. The van der Waals surface area contributed by atoms with Crippen molar-refractivity contribution in [2.45, 2.75) is 56.5 Å². The molecule has 3 aromatic rings. The van der Waals surface area contributed by atoms with E-state index in [-0.39, 0.29) is 11.7 Å². The first-order chi connectivity index (χ1) is 14.6. The Morgan fingerprint density at radius 3 is 2.53 bits per heavy atom. The third-order valence-electron chi connectivity index (χ3n) is 5.56. The van der Waals surface area contributed by atoms with Gasteiger partial charge < -0.3 is 5.32 Å². The number of nitrogens with one attached hydrogen (secondary N) is 1. The van der Waals surface area contributed by atoms with E-state index >= 15 is 0 Å². The van der Waals surface area contributed by atoms with E-state index in [1.54, 1.807) is 12.1 Å². The van der Waals surface area contributed by atoms with E-state index < -0.39 is 0 Å². The van der Waals surface area contributed by atoms with Gasteiger partial charge in [-0.1, -0.05) is 55.6 Å². The number of para-hydroxylation sites is 1. The Hall–Kier alpha value is -2.47. The van der Waals surface area contributed by atoms with Gasteiger partial charge in [0, 0.05) is 17.0 Å². The molecule has 0 aliphatic heterocycles. The number of carbonyl (C=O) groups is 1. The predicted octanol–water partition coefficient (Wildman–Crippen LogP) is 5.68. The van der Waals surface area contributed by atoms with Crippen LogP contribution in [0.15, 0.2) is 47.5 Å². The van der Waals surface area contributed by atoms with E-state index in [2.05, 4.69) is 5.32 Å². The third kappa shape index (κ3) is 4.98. The van der Waals surface area contributed by atoms with Gasteiger partial charge in [0.25, 0.3) is 0 Å². The van der Waals surface area contributed by atoms with Crippen LogP contribution >= 0.6 is 11.8 Å². The van der Waals surface area contributed by atoms with Gasteiger partial charge in [-0.05, 0) is 49.6 Å². The standard InChI is InChI=1S/C24H26FN3OS/c1-16-7-6-10-20-22(16)27-23(17-11-13-18(25)14-12-17)28-24(20)30-15-21(29)26-19-8-4-2-3-5-9-19/h6-7,10-14,19H,2-5,8-9,15H2,1H3,(H,26,29). The topological polar surface area (TPSA) is 54.9 Å². The summed E-state index contributed by atoms with van der Waals surface area (Å²) in [5, 5.41) is 4.91. The molecule has 1 saturated carbocycles. The van der Waals surface area contributed by atoms with Crippen molar-refractivity contribution < 1.29 is 9.18 Å². The molecule has 0 saturated heterocycles. The quantitative estimate of drug-likeness (QED) is 0.326. The Morgan fingerprint density at radius 2 is 1.80 bits per heavy atom. The Bertz CT molecular complexity index is 1030. The molecule has 1 aliphatic rings. The fraction of sp³-hybridized carbons (Fsp3) is 0.375. The summed E-state index contributed by atoms with van der Waals surface area (Å²) in [4.78, 5) is 22.0. The van der Waals surface area contributed by atoms with E-state index in [9.17, 15) is 9.18 Å². The highest BCUT2D eigenvalue weighted by atomic mass is 32.2. The van der Waals surface area contributed by atoms with Gasteiger partial charge in [0.05, 0.1) is 11.3 Å². The average molecular weight is 424 g/mol. The molecule has 1 aliphatic carbocycles. The van der Waals surface area contributed by atoms with Crippen LogP contribution in [0, 0.1) is 12.7 Å². The van der Waals surface area contributed by atoms with E-state index in [0.29, 0.717) is 17.6 Å². The maximum absolute atomic E-state index is 13.3. The highest BCUT2D eigenvalue weighted by Crippen LogP contribution is 2.30. The van der Waals surface area contributed by atoms with Crippen molar-refractivity contribution in [1.29, 1.82) is 0 Å². The summed E-state index contributed by atoms with van der Waals surface area (Å²) >= 11 is 1.44. The van der Waals surface area contributed by atoms with Crippen LogP contribution in [-0.2, 0) is 4.79 Å². The number of carbonyl (C=O) groups excluding carboxylic acids is 1. The van der Waals surface area contributed by atoms with E-state index in [1.165, 1.54) is 49.6 Å². The molecular weight excluding hydrogens is 397 g/mol. The molecule has 1 aromatic heterocycles. The van der Waals surface area contributed by atoms with Gasteiger partial charge in [-0.25, -0.2) is 14.4 Å². The van der Waals surface area contributed by atoms with Gasteiger partial charge in [-0.3, -0.25) is 4.79 Å². The summed E-state index contributed by atoms with van der Waals surface area (Å²) in [5.74, 6) is 0.623. The number of halogens is 1. The van der Waals surface area contributed by atoms with Crippen molar-refractivity contribution >= 4 is 28.6 Å². The van der Waals surface area contributed by atoms with Crippen molar-refractivity contribution in [2.24, 2.45) is 0 Å². The second-order valence-electron chi connectivity index (χ2n) is 7.88. The molecule has 0 unspecified atom stereocenters. The molecule has 1 N–H and O–H groups in total. The largest absolute Gasteiger partial charge is 0.353 e. The zero-order chi connectivity index (χ0) is 20.9. The molecule has 156 valence electrons. The minimum absolute atomic E-state index is 0.0506. The maximum atomic E-state index is 13.3. The first-order valence-electron chi connectivity index (χ1n) is 10.6. The van der Waals surface area contributed by atoms with Crippen molar-refractivity contribution in [3.63, 3.8) is 0 Å². The van der Waals surface area contributed by atoms with Gasteiger partial charge >= 0.3 is 0 Å². The Labute approximate surface area is 180 Å². The summed E-state index contributed by atoms with van der Waals surface area (Å²) in [5.41, 5.74) is 2.66. The Kier molecular flexibility index (Phi) is 6.62. The third-order valence-corrected chi connectivity index (χ3v) is 6.55. The Balaban J connectivity index is 1.57. The molecule has 4 rings (SSSR count). The molecule has 4 nitrogen and oxygen atoms in total. The molecule has 0 atom stereocenters. The minimum atomic E-state index is -0.291. The molecule has 2 aromatic carbocycles. The van der Waals surface area contributed by atoms with Crippen LogP contribution in [0.3, 0.4) is 0 Å². The highest BCUT2D eigenvalue weighted by Gasteiger charge is 2.17. The molecule has 1 fully saturated rings. The normalized spacial score (nSPS) is 15.1. The van der Waals surface area contributed by atoms with Crippen LogP contribution in [0.1, 0.15) is 44.1 Å². The Morgan fingerprint density at radius 1 is 1.07 bits per heavy atom. The average Bonchev–Trinajstić information content (AvgIpc) is 3.01. The van der Waals surface area contributed by atoms with E-state index in [1.807, 2.05) is 25.1 Å². The fourth-order valence-electron chi connectivity index (χ4n) is 3.93. The molecule has 1 heterocycles. The monoisotopic (exact) mass is 423 g/mol. The van der Waals surface area contributed by atoms with Crippen molar-refractivity contribution in [3.05, 3.63) is 53.8 Å². The smallest absolute Gasteiger partial charge is 0.230 e. The fourth-order valence-corrected chi connectivity index (χ4v) is 4.75. The number of fused-ring (bicyclic) bond motifs is 1. The molecule has 6 heteroatoms. The SMILES string of the molecule is Cc1cccc2c(SCC(=O)NC3CCCCCC3)nc(-c3ccc(F)cc3)nc12. The lowest BCUT2D eigenvalue weighted by atomic mass is 10.1. The van der Waals surface area contributed by atoms with Gasteiger partial charge in [-0.15, -0.1) is 0 Å². The number of benzene rings is 2. The summed E-state index contributed by atoms with van der Waals surface area (Å²) in [7, 11) is 0. The molecule has 1 amide bonds. The summed E-state index contributed by atoms with van der Waals surface area (Å²) in [6.07, 6.45) is 7.05. The molecule has 0 bridgehead atoms. The summed E-state index contributed by atoms with van der Waals surface area (Å²) < 4.78 is 13.3. The number of hydrogen-bond acceptors (Lipinski definition) is 4. The molecule has 30 heavy (non-hydrogen) atoms. The number of thioether (sulfide) groups is 1. The lowest BCUT2D eigenvalue weighted by Crippen LogP contribution is -2.35. The van der Waals surface area contributed by atoms with Crippen molar-refractivity contribution in [3.8, 4) is 11.4 Å². The lowest BCUT2D eigenvalue weighted by Gasteiger charge is -2.16. The van der Waals surface area contributed by atoms with Crippen LogP contribution in [0.4, 0.5) is 4.39 Å². The first-order valence-corrected chi connectivity index (χ1v) is 11.5. The number of aryl methyl sites for hydroxylation is 1. The van der Waals surface area contributed by atoms with E-state index in [0.717, 1.165) is 39.9 Å². The number of aromatic nitrogens is 2. The summed E-state index contributed by atoms with van der Waals surface area (Å²) in [6.45, 7) is 2.01. The van der Waals surface area contributed by atoms with Crippen LogP contribution in [0.2, 0.25) is 0 Å². The van der Waals surface area contributed by atoms with Gasteiger partial charge in [0.15, 0.2) is 5.82 Å². The van der Waals surface area contributed by atoms with Gasteiger partial charge in [0.1, 0.15) is 10.8 Å².